The van der Waals surface area contributed by atoms with Crippen LogP contribution in [0.5, 0.6) is 11.5 Å². The SMILES string of the molecule is Cc1nc(C)c(Cn2nc(-c3ccc4c(c3)OCCCO4)ccc2=O)s1. The molecule has 0 aliphatic carbocycles. The van der Waals surface area contributed by atoms with Gasteiger partial charge in [0.1, 0.15) is 0 Å². The normalized spacial score (nSPS) is 13.5. The molecule has 134 valence electrons. The Bertz CT molecular complexity index is 1010. The Morgan fingerprint density at radius 1 is 1.12 bits per heavy atom. The topological polar surface area (TPSA) is 66.2 Å². The molecule has 0 unspecified atom stereocenters. The van der Waals surface area contributed by atoms with Gasteiger partial charge in [-0.25, -0.2) is 9.67 Å². The van der Waals surface area contributed by atoms with Gasteiger partial charge in [0.2, 0.25) is 0 Å². The second-order valence-electron chi connectivity index (χ2n) is 6.17. The van der Waals surface area contributed by atoms with E-state index in [2.05, 4.69) is 10.1 Å². The van der Waals surface area contributed by atoms with Gasteiger partial charge in [0, 0.05) is 22.9 Å². The van der Waals surface area contributed by atoms with Gasteiger partial charge >= 0.3 is 0 Å². The number of hydrogen-bond acceptors (Lipinski definition) is 6. The first kappa shape index (κ1) is 16.8. The first-order chi connectivity index (χ1) is 12.6. The lowest BCUT2D eigenvalue weighted by molar-refractivity contribution is 0.297. The number of rotatable bonds is 3. The molecular weight excluding hydrogens is 350 g/mol. The van der Waals surface area contributed by atoms with Crippen LogP contribution in [-0.4, -0.2) is 28.0 Å². The average Bonchev–Trinajstić information content (AvgIpc) is 2.82. The molecule has 0 fully saturated rings. The third-order valence-corrected chi connectivity index (χ3v) is 5.26. The van der Waals surface area contributed by atoms with E-state index < -0.39 is 0 Å². The van der Waals surface area contributed by atoms with E-state index in [1.54, 1.807) is 23.5 Å². The molecule has 7 heteroatoms. The number of ether oxygens (including phenoxy) is 2. The van der Waals surface area contributed by atoms with E-state index in [4.69, 9.17) is 9.47 Å². The standard InChI is InChI=1S/C19H19N3O3S/c1-12-18(26-13(2)20-12)11-22-19(23)7-5-15(21-22)14-4-6-16-17(10-14)25-9-3-8-24-16/h4-7,10H,3,8-9,11H2,1-2H3. The van der Waals surface area contributed by atoms with Crippen LogP contribution in [0.4, 0.5) is 0 Å². The zero-order chi connectivity index (χ0) is 18.1. The van der Waals surface area contributed by atoms with Crippen LogP contribution in [0.3, 0.4) is 0 Å². The molecule has 0 saturated heterocycles. The molecule has 3 heterocycles. The Balaban J connectivity index is 1.69. The predicted octanol–water partition coefficient (Wildman–Crippen LogP) is 3.19. The third kappa shape index (κ3) is 3.35. The lowest BCUT2D eigenvalue weighted by Crippen LogP contribution is -2.22. The van der Waals surface area contributed by atoms with Gasteiger partial charge in [-0.3, -0.25) is 4.79 Å². The summed E-state index contributed by atoms with van der Waals surface area (Å²) in [6.45, 7) is 5.63. The van der Waals surface area contributed by atoms with E-state index in [0.717, 1.165) is 39.0 Å². The average molecular weight is 369 g/mol. The van der Waals surface area contributed by atoms with Crippen molar-refractivity contribution in [1.82, 2.24) is 14.8 Å². The number of hydrogen-bond donors (Lipinski definition) is 0. The van der Waals surface area contributed by atoms with Crippen LogP contribution in [0.15, 0.2) is 35.1 Å². The van der Waals surface area contributed by atoms with Crippen molar-refractivity contribution in [2.45, 2.75) is 26.8 Å². The zero-order valence-corrected chi connectivity index (χ0v) is 15.5. The molecule has 1 aliphatic heterocycles. The van der Waals surface area contributed by atoms with Gasteiger partial charge in [0.25, 0.3) is 5.56 Å². The van der Waals surface area contributed by atoms with Crippen molar-refractivity contribution in [3.05, 3.63) is 56.3 Å². The van der Waals surface area contributed by atoms with E-state index in [9.17, 15) is 4.79 Å². The Hall–Kier alpha value is -2.67. The summed E-state index contributed by atoms with van der Waals surface area (Å²) in [5.74, 6) is 1.46. The van der Waals surface area contributed by atoms with Gasteiger partial charge in [-0.05, 0) is 38.1 Å². The lowest BCUT2D eigenvalue weighted by atomic mass is 10.1. The van der Waals surface area contributed by atoms with Crippen LogP contribution < -0.4 is 15.0 Å². The quantitative estimate of drug-likeness (QED) is 0.709. The molecular formula is C19H19N3O3S. The molecule has 0 spiro atoms. The lowest BCUT2D eigenvalue weighted by Gasteiger charge is -2.10. The molecule has 3 aromatic rings. The molecule has 0 saturated carbocycles. The van der Waals surface area contributed by atoms with E-state index in [1.807, 2.05) is 32.0 Å². The smallest absolute Gasteiger partial charge is 0.267 e. The summed E-state index contributed by atoms with van der Waals surface area (Å²) in [5.41, 5.74) is 2.43. The van der Waals surface area contributed by atoms with Crippen LogP contribution in [0.25, 0.3) is 11.3 Å². The van der Waals surface area contributed by atoms with Gasteiger partial charge in [0.05, 0.1) is 36.2 Å². The van der Waals surface area contributed by atoms with Crippen LogP contribution in [-0.2, 0) is 6.54 Å². The van der Waals surface area contributed by atoms with Crippen LogP contribution in [0.2, 0.25) is 0 Å². The zero-order valence-electron chi connectivity index (χ0n) is 14.7. The maximum absolute atomic E-state index is 12.2. The van der Waals surface area contributed by atoms with E-state index >= 15 is 0 Å². The minimum absolute atomic E-state index is 0.131. The number of thiazole rings is 1. The molecule has 4 rings (SSSR count). The fourth-order valence-corrected chi connectivity index (χ4v) is 3.81. The molecule has 1 aliphatic rings. The molecule has 0 radical (unpaired) electrons. The molecule has 0 bridgehead atoms. The maximum atomic E-state index is 12.2. The number of fused-ring (bicyclic) bond motifs is 1. The van der Waals surface area contributed by atoms with Crippen molar-refractivity contribution >= 4 is 11.3 Å². The summed E-state index contributed by atoms with van der Waals surface area (Å²) in [7, 11) is 0. The highest BCUT2D eigenvalue weighted by Gasteiger charge is 2.13. The highest BCUT2D eigenvalue weighted by Crippen LogP contribution is 2.33. The van der Waals surface area contributed by atoms with Gasteiger partial charge < -0.3 is 9.47 Å². The highest BCUT2D eigenvalue weighted by molar-refractivity contribution is 7.11. The number of aryl methyl sites for hydroxylation is 2. The first-order valence-electron chi connectivity index (χ1n) is 8.51. The number of benzene rings is 1. The summed E-state index contributed by atoms with van der Waals surface area (Å²) in [6, 6.07) is 9.04. The van der Waals surface area contributed by atoms with E-state index in [1.165, 1.54) is 4.68 Å². The Labute approximate surface area is 155 Å². The molecule has 0 atom stereocenters. The minimum atomic E-state index is -0.131. The van der Waals surface area contributed by atoms with Crippen molar-refractivity contribution in [1.29, 1.82) is 0 Å². The Morgan fingerprint density at radius 3 is 2.69 bits per heavy atom. The van der Waals surface area contributed by atoms with Crippen LogP contribution in [0, 0.1) is 13.8 Å². The molecule has 26 heavy (non-hydrogen) atoms. The fourth-order valence-electron chi connectivity index (χ4n) is 2.89. The maximum Gasteiger partial charge on any atom is 0.267 e. The van der Waals surface area contributed by atoms with E-state index in [-0.39, 0.29) is 5.56 Å². The summed E-state index contributed by atoms with van der Waals surface area (Å²) >= 11 is 1.59. The van der Waals surface area contributed by atoms with Crippen molar-refractivity contribution in [2.75, 3.05) is 13.2 Å². The molecule has 6 nitrogen and oxygen atoms in total. The first-order valence-corrected chi connectivity index (χ1v) is 9.33. The predicted molar refractivity (Wildman–Crippen MR) is 100 cm³/mol. The summed E-state index contributed by atoms with van der Waals surface area (Å²) in [4.78, 5) is 17.7. The monoisotopic (exact) mass is 369 g/mol. The van der Waals surface area contributed by atoms with Crippen molar-refractivity contribution in [3.8, 4) is 22.8 Å². The highest BCUT2D eigenvalue weighted by atomic mass is 32.1. The minimum Gasteiger partial charge on any atom is -0.490 e. The number of aromatic nitrogens is 3. The molecule has 0 amide bonds. The van der Waals surface area contributed by atoms with Crippen LogP contribution in [0.1, 0.15) is 22.0 Å². The summed E-state index contributed by atoms with van der Waals surface area (Å²) in [5, 5.41) is 5.54. The van der Waals surface area contributed by atoms with Crippen molar-refractivity contribution < 1.29 is 9.47 Å². The second-order valence-corrected chi connectivity index (χ2v) is 7.46. The van der Waals surface area contributed by atoms with Gasteiger partial charge in [0.15, 0.2) is 11.5 Å². The van der Waals surface area contributed by atoms with Gasteiger partial charge in [-0.2, -0.15) is 5.10 Å². The van der Waals surface area contributed by atoms with Gasteiger partial charge in [-0.15, -0.1) is 11.3 Å². The Morgan fingerprint density at radius 2 is 1.92 bits per heavy atom. The van der Waals surface area contributed by atoms with Crippen molar-refractivity contribution in [2.24, 2.45) is 0 Å². The second kappa shape index (κ2) is 6.92. The summed E-state index contributed by atoms with van der Waals surface area (Å²) in [6.07, 6.45) is 0.862. The number of nitrogens with zero attached hydrogens (tertiary/aromatic N) is 3. The Kier molecular flexibility index (Phi) is 4.46. The molecule has 1 aromatic carbocycles. The molecule has 0 N–H and O–H groups in total. The fraction of sp³-hybridized carbons (Fsp3) is 0.316. The van der Waals surface area contributed by atoms with E-state index in [0.29, 0.717) is 25.5 Å². The molecule has 2 aromatic heterocycles. The van der Waals surface area contributed by atoms with Gasteiger partial charge in [-0.1, -0.05) is 0 Å². The van der Waals surface area contributed by atoms with Crippen LogP contribution >= 0.6 is 11.3 Å². The largest absolute Gasteiger partial charge is 0.490 e. The van der Waals surface area contributed by atoms with Crippen molar-refractivity contribution in [3.63, 3.8) is 0 Å². The summed E-state index contributed by atoms with van der Waals surface area (Å²) < 4.78 is 12.9. The third-order valence-electron chi connectivity index (χ3n) is 4.20.